The third-order valence-electron chi connectivity index (χ3n) is 5.44. The molecule has 6 unspecified atom stereocenters. The summed E-state index contributed by atoms with van der Waals surface area (Å²) in [6.45, 7) is 4.84. The highest BCUT2D eigenvalue weighted by atomic mass is 14.7. The number of hydrogen-bond donors (Lipinski definition) is 0. The molecule has 3 fully saturated rings. The molecule has 0 aliphatic heterocycles. The van der Waals surface area contributed by atoms with Crippen LogP contribution in [-0.4, -0.2) is 0 Å². The van der Waals surface area contributed by atoms with Gasteiger partial charge in [-0.3, -0.25) is 0 Å². The van der Waals surface area contributed by atoms with Gasteiger partial charge in [-0.05, 0) is 60.7 Å². The second-order valence-corrected chi connectivity index (χ2v) is 6.45. The number of allylic oxidation sites excluding steroid dienone is 2. The topological polar surface area (TPSA) is 0 Å². The van der Waals surface area contributed by atoms with Gasteiger partial charge in [0, 0.05) is 0 Å². The third-order valence-corrected chi connectivity index (χ3v) is 5.44. The smallest absolute Gasteiger partial charge is 0.0133 e. The van der Waals surface area contributed by atoms with Gasteiger partial charge in [0.25, 0.3) is 0 Å². The molecule has 4 aliphatic carbocycles. The zero-order valence-electron chi connectivity index (χ0n) is 9.24. The molecule has 0 N–H and O–H groups in total. The predicted octanol–water partition coefficient (Wildman–Crippen LogP) is 3.49. The molecule has 76 valence electrons. The van der Waals surface area contributed by atoms with E-state index < -0.39 is 0 Å². The van der Waals surface area contributed by atoms with Crippen LogP contribution in [-0.2, 0) is 0 Å². The van der Waals surface area contributed by atoms with Gasteiger partial charge in [-0.15, -0.1) is 0 Å². The van der Waals surface area contributed by atoms with Crippen LogP contribution in [0.15, 0.2) is 11.6 Å². The van der Waals surface area contributed by atoms with E-state index in [0.717, 1.165) is 23.7 Å². The zero-order chi connectivity index (χ0) is 9.45. The molecule has 0 heterocycles. The molecule has 0 radical (unpaired) electrons. The van der Waals surface area contributed by atoms with Gasteiger partial charge in [-0.25, -0.2) is 0 Å². The summed E-state index contributed by atoms with van der Waals surface area (Å²) in [5, 5.41) is 0. The van der Waals surface area contributed by atoms with E-state index in [1.54, 1.807) is 12.8 Å². The molecule has 0 aromatic rings. The molecule has 0 bridgehead atoms. The lowest BCUT2D eigenvalue weighted by Gasteiger charge is -2.28. The van der Waals surface area contributed by atoms with Crippen molar-refractivity contribution in [2.75, 3.05) is 0 Å². The summed E-state index contributed by atoms with van der Waals surface area (Å²) in [6, 6.07) is 0. The van der Waals surface area contributed by atoms with Crippen LogP contribution in [0.4, 0.5) is 0 Å². The Morgan fingerprint density at radius 2 is 1.93 bits per heavy atom. The van der Waals surface area contributed by atoms with Crippen molar-refractivity contribution in [1.82, 2.24) is 0 Å². The van der Waals surface area contributed by atoms with E-state index in [4.69, 9.17) is 0 Å². The van der Waals surface area contributed by atoms with Crippen molar-refractivity contribution >= 4 is 0 Å². The van der Waals surface area contributed by atoms with Gasteiger partial charge in [-0.2, -0.15) is 0 Å². The molecule has 0 aromatic carbocycles. The lowest BCUT2D eigenvalue weighted by atomic mass is 9.77. The first-order valence-corrected chi connectivity index (χ1v) is 6.46. The summed E-state index contributed by atoms with van der Waals surface area (Å²) in [4.78, 5) is 0. The van der Waals surface area contributed by atoms with E-state index in [9.17, 15) is 0 Å². The van der Waals surface area contributed by atoms with Gasteiger partial charge in [0.2, 0.25) is 0 Å². The summed E-state index contributed by atoms with van der Waals surface area (Å²) in [7, 11) is 0. The predicted molar refractivity (Wildman–Crippen MR) is 57.7 cm³/mol. The molecular formula is C14H20. The van der Waals surface area contributed by atoms with Gasteiger partial charge < -0.3 is 0 Å². The summed E-state index contributed by atoms with van der Waals surface area (Å²) in [5.74, 6) is 7.87. The second kappa shape index (κ2) is 2.28. The first kappa shape index (κ1) is 7.96. The number of rotatable bonds is 3. The van der Waals surface area contributed by atoms with Crippen molar-refractivity contribution in [2.24, 2.45) is 41.4 Å². The summed E-state index contributed by atoms with van der Waals surface area (Å²) < 4.78 is 0. The molecule has 0 saturated heterocycles. The largest absolute Gasteiger partial charge is 0.0807 e. The maximum atomic E-state index is 2.45. The van der Waals surface area contributed by atoms with E-state index in [-0.39, 0.29) is 0 Å². The molecule has 3 saturated carbocycles. The van der Waals surface area contributed by atoms with E-state index in [1.165, 1.54) is 24.2 Å². The van der Waals surface area contributed by atoms with Gasteiger partial charge >= 0.3 is 0 Å². The highest BCUT2D eigenvalue weighted by Crippen LogP contribution is 2.75. The van der Waals surface area contributed by atoms with E-state index in [0.29, 0.717) is 0 Å². The maximum Gasteiger partial charge on any atom is -0.0133 e. The lowest BCUT2D eigenvalue weighted by molar-refractivity contribution is 0.212. The first-order chi connectivity index (χ1) is 6.77. The van der Waals surface area contributed by atoms with Crippen LogP contribution in [0.25, 0.3) is 0 Å². The molecule has 6 atom stereocenters. The van der Waals surface area contributed by atoms with Crippen LogP contribution >= 0.6 is 0 Å². The number of fused-ring (bicyclic) bond motifs is 1. The molecule has 0 nitrogen and oxygen atoms in total. The quantitative estimate of drug-likeness (QED) is 0.595. The molecule has 0 amide bonds. The Kier molecular flexibility index (Phi) is 1.30. The minimum Gasteiger partial charge on any atom is -0.0807 e. The summed E-state index contributed by atoms with van der Waals surface area (Å²) in [6.07, 6.45) is 6.97. The Morgan fingerprint density at radius 3 is 2.50 bits per heavy atom. The Hall–Kier alpha value is -0.260. The molecule has 4 aliphatic rings. The van der Waals surface area contributed by atoms with Crippen LogP contribution in [0.3, 0.4) is 0 Å². The van der Waals surface area contributed by atoms with Crippen LogP contribution in [0.2, 0.25) is 0 Å². The monoisotopic (exact) mass is 188 g/mol. The summed E-state index contributed by atoms with van der Waals surface area (Å²) in [5.41, 5.74) is 1.82. The number of hydrogen-bond acceptors (Lipinski definition) is 0. The second-order valence-electron chi connectivity index (χ2n) is 6.45. The average molecular weight is 188 g/mol. The van der Waals surface area contributed by atoms with Crippen molar-refractivity contribution < 1.29 is 0 Å². The average Bonchev–Trinajstić information content (AvgIpc) is 2.81. The van der Waals surface area contributed by atoms with Crippen LogP contribution in [0, 0.1) is 41.4 Å². The Labute approximate surface area is 86.8 Å². The Morgan fingerprint density at radius 1 is 1.14 bits per heavy atom. The van der Waals surface area contributed by atoms with Crippen molar-refractivity contribution in [3.63, 3.8) is 0 Å². The molecule has 0 spiro atoms. The van der Waals surface area contributed by atoms with Gasteiger partial charge in [-0.1, -0.05) is 25.5 Å². The summed E-state index contributed by atoms with van der Waals surface area (Å²) >= 11 is 0. The molecule has 14 heavy (non-hydrogen) atoms. The van der Waals surface area contributed by atoms with Crippen molar-refractivity contribution in [1.29, 1.82) is 0 Å². The van der Waals surface area contributed by atoms with E-state index in [1.807, 2.05) is 5.57 Å². The zero-order valence-corrected chi connectivity index (χ0v) is 9.24. The fourth-order valence-corrected chi connectivity index (χ4v) is 4.37. The van der Waals surface area contributed by atoms with Crippen LogP contribution in [0.5, 0.6) is 0 Å². The fraction of sp³-hybridized carbons (Fsp3) is 0.857. The SMILES string of the molecule is CC(C)C1CC2C1C2C1CC1C1=CC1. The van der Waals surface area contributed by atoms with Gasteiger partial charge in [0.05, 0.1) is 0 Å². The van der Waals surface area contributed by atoms with Crippen LogP contribution < -0.4 is 0 Å². The van der Waals surface area contributed by atoms with E-state index >= 15 is 0 Å². The third kappa shape index (κ3) is 0.902. The van der Waals surface area contributed by atoms with Gasteiger partial charge in [0.15, 0.2) is 0 Å². The van der Waals surface area contributed by atoms with Crippen LogP contribution in [0.1, 0.15) is 33.1 Å². The Balaban J connectivity index is 1.41. The van der Waals surface area contributed by atoms with Gasteiger partial charge in [0.1, 0.15) is 0 Å². The lowest BCUT2D eigenvalue weighted by Crippen LogP contribution is -2.21. The maximum absolute atomic E-state index is 2.45. The molecule has 4 rings (SSSR count). The fourth-order valence-electron chi connectivity index (χ4n) is 4.37. The molecule has 0 heteroatoms. The first-order valence-electron chi connectivity index (χ1n) is 6.46. The minimum atomic E-state index is 0.957. The highest BCUT2D eigenvalue weighted by molar-refractivity contribution is 5.32. The molecule has 0 aromatic heterocycles. The normalized spacial score (nSPS) is 57.5. The highest BCUT2D eigenvalue weighted by Gasteiger charge is 2.69. The van der Waals surface area contributed by atoms with Crippen molar-refractivity contribution in [3.8, 4) is 0 Å². The van der Waals surface area contributed by atoms with E-state index in [2.05, 4.69) is 19.9 Å². The minimum absolute atomic E-state index is 0.957. The molecular weight excluding hydrogens is 168 g/mol. The van der Waals surface area contributed by atoms with Crippen molar-refractivity contribution in [3.05, 3.63) is 11.6 Å². The standard InChI is InChI=1S/C14H20/c1-7(2)9-5-12-13(9)14(12)11-6-10(11)8-3-4-8/h3,7,9-14H,4-6H2,1-2H3. The van der Waals surface area contributed by atoms with Crippen molar-refractivity contribution in [2.45, 2.75) is 33.1 Å². The Bertz CT molecular complexity index is 312.